The van der Waals surface area contributed by atoms with E-state index in [9.17, 15) is 0 Å². The van der Waals surface area contributed by atoms with Crippen LogP contribution in [0.25, 0.3) is 11.3 Å². The summed E-state index contributed by atoms with van der Waals surface area (Å²) in [5, 5.41) is 8.86. The van der Waals surface area contributed by atoms with Crippen molar-refractivity contribution in [3.8, 4) is 11.3 Å². The molecule has 18 heavy (non-hydrogen) atoms. The lowest BCUT2D eigenvalue weighted by atomic mass is 10.1. The number of aryl methyl sites for hydroxylation is 3. The summed E-state index contributed by atoms with van der Waals surface area (Å²) in [6, 6.07) is 10.3. The van der Waals surface area contributed by atoms with Crippen molar-refractivity contribution in [2.75, 3.05) is 6.61 Å². The summed E-state index contributed by atoms with van der Waals surface area (Å²) < 4.78 is 0. The first kappa shape index (κ1) is 12.7. The fourth-order valence-electron chi connectivity index (χ4n) is 1.93. The molecule has 3 heteroatoms. The molecule has 0 fully saturated rings. The van der Waals surface area contributed by atoms with Crippen LogP contribution in [0.2, 0.25) is 0 Å². The Balaban J connectivity index is 2.35. The number of hydrogen-bond acceptors (Lipinski definition) is 3. The summed E-state index contributed by atoms with van der Waals surface area (Å²) in [7, 11) is 0. The van der Waals surface area contributed by atoms with Crippen molar-refractivity contribution in [1.29, 1.82) is 0 Å². The first-order chi connectivity index (χ1) is 8.69. The maximum Gasteiger partial charge on any atom is 0.129 e. The molecule has 2 aromatic rings. The van der Waals surface area contributed by atoms with Gasteiger partial charge in [-0.25, -0.2) is 9.97 Å². The number of hydrogen-bond donors (Lipinski definition) is 1. The maximum absolute atomic E-state index is 8.86. The Hall–Kier alpha value is -1.74. The van der Waals surface area contributed by atoms with Crippen molar-refractivity contribution in [3.05, 3.63) is 47.4 Å². The Bertz CT molecular complexity index is 538. The Morgan fingerprint density at radius 2 is 1.94 bits per heavy atom. The van der Waals surface area contributed by atoms with Crippen molar-refractivity contribution in [2.24, 2.45) is 0 Å². The monoisotopic (exact) mass is 242 g/mol. The molecule has 0 aliphatic carbocycles. The third kappa shape index (κ3) is 3.14. The van der Waals surface area contributed by atoms with Gasteiger partial charge in [0.05, 0.1) is 5.69 Å². The summed E-state index contributed by atoms with van der Waals surface area (Å²) in [6.45, 7) is 4.23. The highest BCUT2D eigenvalue weighted by Gasteiger charge is 2.04. The van der Waals surface area contributed by atoms with Crippen LogP contribution in [-0.4, -0.2) is 21.7 Å². The summed E-state index contributed by atoms with van der Waals surface area (Å²) in [4.78, 5) is 8.96. The molecule has 0 spiro atoms. The second-order valence-corrected chi connectivity index (χ2v) is 4.51. The SMILES string of the molecule is Cc1cccc(-c2cc(C)nc(CCCO)n2)c1. The van der Waals surface area contributed by atoms with Crippen LogP contribution in [0.15, 0.2) is 30.3 Å². The minimum atomic E-state index is 0.178. The van der Waals surface area contributed by atoms with Crippen LogP contribution in [0.4, 0.5) is 0 Å². The number of aliphatic hydroxyl groups is 1. The van der Waals surface area contributed by atoms with E-state index in [1.807, 2.05) is 19.1 Å². The van der Waals surface area contributed by atoms with Crippen molar-refractivity contribution in [1.82, 2.24) is 9.97 Å². The van der Waals surface area contributed by atoms with Crippen LogP contribution in [0.3, 0.4) is 0 Å². The second-order valence-electron chi connectivity index (χ2n) is 4.51. The summed E-state index contributed by atoms with van der Waals surface area (Å²) in [5.41, 5.74) is 4.26. The highest BCUT2D eigenvalue weighted by molar-refractivity contribution is 5.60. The van der Waals surface area contributed by atoms with Crippen LogP contribution < -0.4 is 0 Å². The molecule has 1 heterocycles. The van der Waals surface area contributed by atoms with E-state index in [0.29, 0.717) is 6.42 Å². The van der Waals surface area contributed by atoms with Gasteiger partial charge in [-0.05, 0) is 32.4 Å². The van der Waals surface area contributed by atoms with Crippen LogP contribution in [0.1, 0.15) is 23.5 Å². The smallest absolute Gasteiger partial charge is 0.129 e. The van der Waals surface area contributed by atoms with E-state index in [1.165, 1.54) is 5.56 Å². The highest BCUT2D eigenvalue weighted by atomic mass is 16.2. The molecule has 0 radical (unpaired) electrons. The van der Waals surface area contributed by atoms with Crippen molar-refractivity contribution < 1.29 is 5.11 Å². The third-order valence-corrected chi connectivity index (χ3v) is 2.77. The lowest BCUT2D eigenvalue weighted by Gasteiger charge is -2.06. The number of nitrogens with zero attached hydrogens (tertiary/aromatic N) is 2. The van der Waals surface area contributed by atoms with E-state index in [2.05, 4.69) is 35.1 Å². The van der Waals surface area contributed by atoms with Crippen molar-refractivity contribution in [2.45, 2.75) is 26.7 Å². The molecular formula is C15H18N2O. The first-order valence-electron chi connectivity index (χ1n) is 6.21. The van der Waals surface area contributed by atoms with E-state index in [1.54, 1.807) is 0 Å². The number of rotatable bonds is 4. The molecule has 0 atom stereocenters. The number of aromatic nitrogens is 2. The molecule has 0 aliphatic rings. The van der Waals surface area contributed by atoms with Gasteiger partial charge in [0.1, 0.15) is 5.82 Å². The second kappa shape index (κ2) is 5.74. The third-order valence-electron chi connectivity index (χ3n) is 2.77. The molecule has 0 aliphatic heterocycles. The Labute approximate surface area is 108 Å². The molecule has 94 valence electrons. The first-order valence-corrected chi connectivity index (χ1v) is 6.21. The zero-order chi connectivity index (χ0) is 13.0. The summed E-state index contributed by atoms with van der Waals surface area (Å²) in [6.07, 6.45) is 1.42. The zero-order valence-corrected chi connectivity index (χ0v) is 10.8. The molecule has 0 amide bonds. The van der Waals surface area contributed by atoms with Gasteiger partial charge in [-0.2, -0.15) is 0 Å². The van der Waals surface area contributed by atoms with Gasteiger partial charge < -0.3 is 5.11 Å². The van der Waals surface area contributed by atoms with Gasteiger partial charge >= 0.3 is 0 Å². The van der Waals surface area contributed by atoms with Crippen molar-refractivity contribution >= 4 is 0 Å². The number of aliphatic hydroxyl groups excluding tert-OH is 1. The molecule has 1 aromatic heterocycles. The largest absolute Gasteiger partial charge is 0.396 e. The van der Waals surface area contributed by atoms with Crippen LogP contribution in [0.5, 0.6) is 0 Å². The topological polar surface area (TPSA) is 46.0 Å². The molecule has 1 aromatic carbocycles. The molecule has 0 unspecified atom stereocenters. The molecule has 1 N–H and O–H groups in total. The van der Waals surface area contributed by atoms with Gasteiger partial charge in [-0.3, -0.25) is 0 Å². The highest BCUT2D eigenvalue weighted by Crippen LogP contribution is 2.19. The quantitative estimate of drug-likeness (QED) is 0.896. The normalized spacial score (nSPS) is 10.6. The molecule has 0 saturated heterocycles. The van der Waals surface area contributed by atoms with Crippen LogP contribution in [-0.2, 0) is 6.42 Å². The molecule has 2 rings (SSSR count). The molecule has 3 nitrogen and oxygen atoms in total. The Morgan fingerprint density at radius 3 is 2.67 bits per heavy atom. The maximum atomic E-state index is 8.86. The minimum absolute atomic E-state index is 0.178. The predicted octanol–water partition coefficient (Wildman–Crippen LogP) is 2.69. The van der Waals surface area contributed by atoms with E-state index < -0.39 is 0 Å². The van der Waals surface area contributed by atoms with Gasteiger partial charge in [0.25, 0.3) is 0 Å². The van der Waals surface area contributed by atoms with E-state index in [-0.39, 0.29) is 6.61 Å². The molecule has 0 saturated carbocycles. The van der Waals surface area contributed by atoms with Gasteiger partial charge in [-0.15, -0.1) is 0 Å². The Morgan fingerprint density at radius 1 is 1.11 bits per heavy atom. The summed E-state index contributed by atoms with van der Waals surface area (Å²) in [5.74, 6) is 0.806. The average Bonchev–Trinajstić information content (AvgIpc) is 2.36. The number of benzene rings is 1. The molecular weight excluding hydrogens is 224 g/mol. The van der Waals surface area contributed by atoms with Crippen LogP contribution >= 0.6 is 0 Å². The zero-order valence-electron chi connectivity index (χ0n) is 10.8. The van der Waals surface area contributed by atoms with Gasteiger partial charge in [0, 0.05) is 24.3 Å². The van der Waals surface area contributed by atoms with Crippen molar-refractivity contribution in [3.63, 3.8) is 0 Å². The van der Waals surface area contributed by atoms with Gasteiger partial charge in [0.2, 0.25) is 0 Å². The Kier molecular flexibility index (Phi) is 4.05. The molecule has 0 bridgehead atoms. The average molecular weight is 242 g/mol. The minimum Gasteiger partial charge on any atom is -0.396 e. The van der Waals surface area contributed by atoms with Crippen LogP contribution in [0, 0.1) is 13.8 Å². The van der Waals surface area contributed by atoms with E-state index >= 15 is 0 Å². The fraction of sp³-hybridized carbons (Fsp3) is 0.333. The van der Waals surface area contributed by atoms with Gasteiger partial charge in [0.15, 0.2) is 0 Å². The van der Waals surface area contributed by atoms with E-state index in [4.69, 9.17) is 5.11 Å². The predicted molar refractivity (Wildman–Crippen MR) is 72.3 cm³/mol. The fourth-order valence-corrected chi connectivity index (χ4v) is 1.93. The van der Waals surface area contributed by atoms with E-state index in [0.717, 1.165) is 29.2 Å². The lowest BCUT2D eigenvalue weighted by molar-refractivity contribution is 0.287. The summed E-state index contributed by atoms with van der Waals surface area (Å²) >= 11 is 0. The lowest BCUT2D eigenvalue weighted by Crippen LogP contribution is -2.00. The van der Waals surface area contributed by atoms with Gasteiger partial charge in [-0.1, -0.05) is 23.8 Å². The standard InChI is InChI=1S/C15H18N2O/c1-11-5-3-6-13(9-11)14-10-12(2)16-15(17-14)7-4-8-18/h3,5-6,9-10,18H,4,7-8H2,1-2H3.